The van der Waals surface area contributed by atoms with Gasteiger partial charge in [0.25, 0.3) is 0 Å². The van der Waals surface area contributed by atoms with Crippen LogP contribution in [0.1, 0.15) is 50.8 Å². The second kappa shape index (κ2) is 7.85. The highest BCUT2D eigenvalue weighted by atomic mass is 79.9. The Morgan fingerprint density at radius 3 is 2.54 bits per heavy atom. The lowest BCUT2D eigenvalue weighted by atomic mass is 9.86. The van der Waals surface area contributed by atoms with Gasteiger partial charge in [-0.1, -0.05) is 22.0 Å². The fourth-order valence-corrected chi connectivity index (χ4v) is 3.34. The van der Waals surface area contributed by atoms with E-state index in [1.54, 1.807) is 4.90 Å². The Labute approximate surface area is 151 Å². The molecular formula is C18H26BrNO4. The van der Waals surface area contributed by atoms with Gasteiger partial charge < -0.3 is 19.8 Å². The summed E-state index contributed by atoms with van der Waals surface area (Å²) in [5, 5.41) is 20.2. The molecule has 6 heteroatoms. The van der Waals surface area contributed by atoms with E-state index in [1.807, 2.05) is 39.0 Å². The summed E-state index contributed by atoms with van der Waals surface area (Å²) in [5.74, 6) is 0.0586. The fraction of sp³-hybridized carbons (Fsp3) is 0.611. The normalized spacial score (nSPS) is 17.7. The van der Waals surface area contributed by atoms with E-state index in [0.717, 1.165) is 15.6 Å². The van der Waals surface area contributed by atoms with E-state index in [9.17, 15) is 15.0 Å². The molecule has 1 heterocycles. The molecule has 1 unspecified atom stereocenters. The molecule has 1 saturated heterocycles. The number of hydrogen-bond donors (Lipinski definition) is 2. The molecule has 1 amide bonds. The van der Waals surface area contributed by atoms with Crippen LogP contribution in [0.4, 0.5) is 4.79 Å². The molecule has 1 aromatic carbocycles. The predicted octanol–water partition coefficient (Wildman–Crippen LogP) is 3.62. The van der Waals surface area contributed by atoms with Crippen LogP contribution in [0.25, 0.3) is 0 Å². The van der Waals surface area contributed by atoms with Crippen molar-refractivity contribution in [1.82, 2.24) is 4.90 Å². The Kier molecular flexibility index (Phi) is 6.28. The Balaban J connectivity index is 1.99. The van der Waals surface area contributed by atoms with Crippen LogP contribution in [-0.4, -0.2) is 39.9 Å². The Morgan fingerprint density at radius 2 is 2.00 bits per heavy atom. The van der Waals surface area contributed by atoms with Crippen LogP contribution >= 0.6 is 15.9 Å². The third kappa shape index (κ3) is 4.94. The first-order valence-electron chi connectivity index (χ1n) is 8.26. The molecule has 1 atom stereocenters. The highest BCUT2D eigenvalue weighted by molar-refractivity contribution is 9.10. The number of nitrogens with zero attached hydrogens (tertiary/aromatic N) is 1. The highest BCUT2D eigenvalue weighted by Gasteiger charge is 2.31. The number of benzene rings is 1. The number of piperidine rings is 1. The zero-order chi connectivity index (χ0) is 17.9. The molecular weight excluding hydrogens is 374 g/mol. The maximum absolute atomic E-state index is 12.1. The number of aliphatic hydroxyl groups is 2. The van der Waals surface area contributed by atoms with Crippen LogP contribution in [0.5, 0.6) is 0 Å². The van der Waals surface area contributed by atoms with Crippen molar-refractivity contribution in [3.63, 3.8) is 0 Å². The van der Waals surface area contributed by atoms with E-state index in [0.29, 0.717) is 25.9 Å². The number of carbonyl (C=O) groups excluding carboxylic acids is 1. The van der Waals surface area contributed by atoms with Crippen LogP contribution in [0.3, 0.4) is 0 Å². The zero-order valence-electron chi connectivity index (χ0n) is 14.5. The number of rotatable bonds is 3. The van der Waals surface area contributed by atoms with Gasteiger partial charge >= 0.3 is 6.09 Å². The molecule has 0 spiro atoms. The average molecular weight is 400 g/mol. The molecule has 0 bridgehead atoms. The molecule has 1 fully saturated rings. The van der Waals surface area contributed by atoms with Crippen LogP contribution in [-0.2, 0) is 11.3 Å². The molecule has 1 aromatic rings. The van der Waals surface area contributed by atoms with Crippen LogP contribution in [0, 0.1) is 5.92 Å². The minimum atomic E-state index is -0.648. The number of ether oxygens (including phenoxy) is 1. The van der Waals surface area contributed by atoms with Gasteiger partial charge in [0.2, 0.25) is 0 Å². The van der Waals surface area contributed by atoms with Crippen molar-refractivity contribution < 1.29 is 19.7 Å². The molecule has 0 aromatic heterocycles. The Bertz CT molecular complexity index is 577. The fourth-order valence-electron chi connectivity index (χ4n) is 2.96. The van der Waals surface area contributed by atoms with Gasteiger partial charge in [-0.2, -0.15) is 0 Å². The van der Waals surface area contributed by atoms with E-state index in [1.165, 1.54) is 0 Å². The molecule has 134 valence electrons. The van der Waals surface area contributed by atoms with Crippen molar-refractivity contribution in [2.45, 2.75) is 51.9 Å². The monoisotopic (exact) mass is 399 g/mol. The minimum absolute atomic E-state index is 0.0586. The van der Waals surface area contributed by atoms with E-state index < -0.39 is 11.7 Å². The number of carbonyl (C=O) groups is 1. The number of hydrogen-bond acceptors (Lipinski definition) is 4. The first-order chi connectivity index (χ1) is 11.2. The molecule has 0 aliphatic carbocycles. The summed E-state index contributed by atoms with van der Waals surface area (Å²) >= 11 is 3.41. The highest BCUT2D eigenvalue weighted by Crippen LogP contribution is 2.34. The smallest absolute Gasteiger partial charge is 0.410 e. The van der Waals surface area contributed by atoms with Crippen molar-refractivity contribution in [1.29, 1.82) is 0 Å². The summed E-state index contributed by atoms with van der Waals surface area (Å²) in [7, 11) is 0. The summed E-state index contributed by atoms with van der Waals surface area (Å²) in [6.45, 7) is 6.59. The second-order valence-electron chi connectivity index (χ2n) is 7.25. The molecule has 1 aliphatic heterocycles. The van der Waals surface area contributed by atoms with Gasteiger partial charge in [0.1, 0.15) is 5.60 Å². The molecule has 0 radical (unpaired) electrons. The number of likely N-dealkylation sites (tertiary alicyclic amines) is 1. The largest absolute Gasteiger partial charge is 0.444 e. The molecule has 0 saturated carbocycles. The van der Waals surface area contributed by atoms with Crippen molar-refractivity contribution in [3.8, 4) is 0 Å². The standard InChI is InChI=1S/C18H26BrNO4/c1-18(2,3)24-17(23)20-8-6-12(7-9-20)16(22)15-10-14(19)5-4-13(15)11-21/h4-5,10,12,16,21-22H,6-9,11H2,1-3H3. The minimum Gasteiger partial charge on any atom is -0.444 e. The van der Waals surface area contributed by atoms with Gasteiger partial charge in [0, 0.05) is 17.6 Å². The topological polar surface area (TPSA) is 70.0 Å². The molecule has 2 rings (SSSR count). The first kappa shape index (κ1) is 19.2. The molecule has 24 heavy (non-hydrogen) atoms. The summed E-state index contributed by atoms with van der Waals surface area (Å²) in [6.07, 6.45) is 0.467. The molecule has 2 N–H and O–H groups in total. The zero-order valence-corrected chi connectivity index (χ0v) is 16.0. The van der Waals surface area contributed by atoms with Gasteiger partial charge in [-0.05, 0) is 62.8 Å². The molecule has 1 aliphatic rings. The van der Waals surface area contributed by atoms with Gasteiger partial charge in [-0.3, -0.25) is 0 Å². The van der Waals surface area contributed by atoms with E-state index in [-0.39, 0.29) is 18.6 Å². The van der Waals surface area contributed by atoms with Crippen molar-refractivity contribution >= 4 is 22.0 Å². The Hall–Kier alpha value is -1.11. The lowest BCUT2D eigenvalue weighted by molar-refractivity contribution is 0.00745. The van der Waals surface area contributed by atoms with Crippen molar-refractivity contribution in [3.05, 3.63) is 33.8 Å². The summed E-state index contributed by atoms with van der Waals surface area (Å²) in [4.78, 5) is 13.8. The summed E-state index contributed by atoms with van der Waals surface area (Å²) in [6, 6.07) is 5.53. The lowest BCUT2D eigenvalue weighted by Crippen LogP contribution is -2.42. The van der Waals surface area contributed by atoms with E-state index in [2.05, 4.69) is 15.9 Å². The third-order valence-corrected chi connectivity index (χ3v) is 4.73. The Morgan fingerprint density at radius 1 is 1.38 bits per heavy atom. The predicted molar refractivity (Wildman–Crippen MR) is 95.6 cm³/mol. The van der Waals surface area contributed by atoms with Gasteiger partial charge in [-0.25, -0.2) is 4.79 Å². The molecule has 5 nitrogen and oxygen atoms in total. The van der Waals surface area contributed by atoms with E-state index in [4.69, 9.17) is 4.74 Å². The second-order valence-corrected chi connectivity index (χ2v) is 8.17. The third-order valence-electron chi connectivity index (χ3n) is 4.23. The van der Waals surface area contributed by atoms with Gasteiger partial charge in [0.05, 0.1) is 12.7 Å². The SMILES string of the molecule is CC(C)(C)OC(=O)N1CCC(C(O)c2cc(Br)ccc2CO)CC1. The number of amides is 1. The lowest BCUT2D eigenvalue weighted by Gasteiger charge is -2.35. The van der Waals surface area contributed by atoms with Crippen molar-refractivity contribution in [2.24, 2.45) is 5.92 Å². The summed E-state index contributed by atoms with van der Waals surface area (Å²) < 4.78 is 6.27. The van der Waals surface area contributed by atoms with Gasteiger partial charge in [-0.15, -0.1) is 0 Å². The quantitative estimate of drug-likeness (QED) is 0.813. The van der Waals surface area contributed by atoms with Crippen molar-refractivity contribution in [2.75, 3.05) is 13.1 Å². The summed E-state index contributed by atoms with van der Waals surface area (Å²) in [5.41, 5.74) is 0.989. The first-order valence-corrected chi connectivity index (χ1v) is 9.05. The number of halogens is 1. The van der Waals surface area contributed by atoms with Crippen LogP contribution in [0.2, 0.25) is 0 Å². The number of aliphatic hydroxyl groups excluding tert-OH is 2. The average Bonchev–Trinajstić information content (AvgIpc) is 2.52. The maximum Gasteiger partial charge on any atom is 0.410 e. The van der Waals surface area contributed by atoms with Crippen LogP contribution in [0.15, 0.2) is 22.7 Å². The van der Waals surface area contributed by atoms with Crippen LogP contribution < -0.4 is 0 Å². The maximum atomic E-state index is 12.1. The van der Waals surface area contributed by atoms with Gasteiger partial charge in [0.15, 0.2) is 0 Å². The van der Waals surface area contributed by atoms with E-state index >= 15 is 0 Å².